The summed E-state index contributed by atoms with van der Waals surface area (Å²) in [7, 11) is 0. The Morgan fingerprint density at radius 1 is 0.684 bits per heavy atom. The van der Waals surface area contributed by atoms with Crippen LogP contribution in [-0.4, -0.2) is 22.4 Å². The van der Waals surface area contributed by atoms with Crippen molar-refractivity contribution in [1.29, 1.82) is 0 Å². The van der Waals surface area contributed by atoms with Crippen molar-refractivity contribution in [2.75, 3.05) is 0 Å². The first-order valence-corrected chi connectivity index (χ1v) is 8.37. The summed E-state index contributed by atoms with van der Waals surface area (Å²) in [6.07, 6.45) is 10.7. The molecule has 0 saturated carbocycles. The lowest BCUT2D eigenvalue weighted by Crippen LogP contribution is -2.42. The van der Waals surface area contributed by atoms with E-state index in [0.717, 1.165) is 25.7 Å². The number of hydrogen-bond acceptors (Lipinski definition) is 2. The van der Waals surface area contributed by atoms with Crippen molar-refractivity contribution in [3.05, 3.63) is 0 Å². The minimum Gasteiger partial charge on any atom is -0.393 e. The van der Waals surface area contributed by atoms with Gasteiger partial charge in [-0.05, 0) is 26.7 Å². The Kier molecular flexibility index (Phi) is 10.6. The molecule has 116 valence electrons. The predicted octanol–water partition coefficient (Wildman–Crippen LogP) is 4.68. The highest BCUT2D eigenvalue weighted by Gasteiger charge is 2.38. The van der Waals surface area contributed by atoms with Crippen LogP contribution in [0.25, 0.3) is 0 Å². The first-order valence-electron chi connectivity index (χ1n) is 8.37. The molecule has 19 heavy (non-hydrogen) atoms. The molecule has 2 nitrogen and oxygen atoms in total. The van der Waals surface area contributed by atoms with Crippen LogP contribution in [0.1, 0.15) is 91.9 Å². The van der Waals surface area contributed by atoms with E-state index in [1.54, 1.807) is 0 Å². The second kappa shape index (κ2) is 10.7. The van der Waals surface area contributed by atoms with E-state index in [2.05, 4.69) is 13.8 Å². The Morgan fingerprint density at radius 3 is 1.32 bits per heavy atom. The molecule has 0 bridgehead atoms. The van der Waals surface area contributed by atoms with Crippen molar-refractivity contribution in [2.24, 2.45) is 5.41 Å². The third-order valence-electron chi connectivity index (χ3n) is 4.66. The molecule has 0 rings (SSSR count). The zero-order valence-electron chi connectivity index (χ0n) is 13.6. The van der Waals surface area contributed by atoms with Crippen molar-refractivity contribution in [1.82, 2.24) is 0 Å². The molecule has 2 heteroatoms. The summed E-state index contributed by atoms with van der Waals surface area (Å²) in [5.41, 5.74) is -0.290. The standard InChI is InChI=1S/C17H36O2/c1-5-7-9-11-13-17(15(3)18,16(4)19)14-12-10-8-6-2/h15-16,18-19H,5-14H2,1-4H3. The molecule has 2 N–H and O–H groups in total. The summed E-state index contributed by atoms with van der Waals surface area (Å²) in [6.45, 7) is 8.13. The summed E-state index contributed by atoms with van der Waals surface area (Å²) in [5.74, 6) is 0. The van der Waals surface area contributed by atoms with Gasteiger partial charge in [0.1, 0.15) is 0 Å². The third kappa shape index (κ3) is 6.76. The number of unbranched alkanes of at least 4 members (excludes halogenated alkanes) is 6. The number of aliphatic hydroxyl groups is 2. The smallest absolute Gasteiger partial charge is 0.0592 e. The van der Waals surface area contributed by atoms with Crippen LogP contribution >= 0.6 is 0 Å². The van der Waals surface area contributed by atoms with Crippen molar-refractivity contribution < 1.29 is 10.2 Å². The van der Waals surface area contributed by atoms with Gasteiger partial charge in [0.15, 0.2) is 0 Å². The molecule has 2 unspecified atom stereocenters. The molecule has 0 aliphatic carbocycles. The molecule has 0 saturated heterocycles. The summed E-state index contributed by atoms with van der Waals surface area (Å²) < 4.78 is 0. The molecular weight excluding hydrogens is 236 g/mol. The molecular formula is C17H36O2. The second-order valence-corrected chi connectivity index (χ2v) is 6.21. The molecule has 0 spiro atoms. The van der Waals surface area contributed by atoms with Crippen LogP contribution in [0.15, 0.2) is 0 Å². The zero-order valence-corrected chi connectivity index (χ0v) is 13.6. The van der Waals surface area contributed by atoms with E-state index in [0.29, 0.717) is 0 Å². The normalized spacial score (nSPS) is 15.5. The highest BCUT2D eigenvalue weighted by molar-refractivity contribution is 4.89. The Bertz CT molecular complexity index is 177. The van der Waals surface area contributed by atoms with Gasteiger partial charge in [0, 0.05) is 5.41 Å². The Morgan fingerprint density at radius 2 is 1.05 bits per heavy atom. The minimum atomic E-state index is -0.421. The molecule has 0 heterocycles. The van der Waals surface area contributed by atoms with Crippen LogP contribution < -0.4 is 0 Å². The van der Waals surface area contributed by atoms with E-state index in [-0.39, 0.29) is 5.41 Å². The lowest BCUT2D eigenvalue weighted by molar-refractivity contribution is -0.0681. The fourth-order valence-corrected chi connectivity index (χ4v) is 3.07. The van der Waals surface area contributed by atoms with Crippen LogP contribution in [0, 0.1) is 5.41 Å². The lowest BCUT2D eigenvalue weighted by Gasteiger charge is -2.40. The zero-order chi connectivity index (χ0) is 14.7. The largest absolute Gasteiger partial charge is 0.393 e. The summed E-state index contributed by atoms with van der Waals surface area (Å²) in [4.78, 5) is 0. The topological polar surface area (TPSA) is 40.5 Å². The van der Waals surface area contributed by atoms with Crippen LogP contribution in [0.3, 0.4) is 0 Å². The maximum absolute atomic E-state index is 10.2. The number of rotatable bonds is 12. The first kappa shape index (κ1) is 18.9. The van der Waals surface area contributed by atoms with Crippen molar-refractivity contribution in [3.8, 4) is 0 Å². The summed E-state index contributed by atoms with van der Waals surface area (Å²) in [6, 6.07) is 0. The highest BCUT2D eigenvalue weighted by atomic mass is 16.3. The quantitative estimate of drug-likeness (QED) is 0.507. The van der Waals surface area contributed by atoms with Gasteiger partial charge in [0.05, 0.1) is 12.2 Å². The fraction of sp³-hybridized carbons (Fsp3) is 1.00. The van der Waals surface area contributed by atoms with Crippen molar-refractivity contribution >= 4 is 0 Å². The summed E-state index contributed by atoms with van der Waals surface area (Å²) >= 11 is 0. The molecule has 0 amide bonds. The van der Waals surface area contributed by atoms with E-state index in [1.807, 2.05) is 13.8 Å². The molecule has 0 aromatic rings. The average molecular weight is 272 g/mol. The minimum absolute atomic E-state index is 0.290. The number of hydrogen-bond donors (Lipinski definition) is 2. The average Bonchev–Trinajstić information content (AvgIpc) is 2.36. The van der Waals surface area contributed by atoms with E-state index >= 15 is 0 Å². The molecule has 0 radical (unpaired) electrons. The van der Waals surface area contributed by atoms with Crippen LogP contribution in [0.5, 0.6) is 0 Å². The Labute approximate surface area is 120 Å². The van der Waals surface area contributed by atoms with E-state index in [4.69, 9.17) is 0 Å². The SMILES string of the molecule is CCCCCCC(CCCCCC)(C(C)O)C(C)O. The lowest BCUT2D eigenvalue weighted by atomic mass is 9.70. The van der Waals surface area contributed by atoms with Crippen LogP contribution in [0.4, 0.5) is 0 Å². The highest BCUT2D eigenvalue weighted by Crippen LogP contribution is 2.38. The van der Waals surface area contributed by atoms with Gasteiger partial charge in [-0.1, -0.05) is 65.2 Å². The monoisotopic (exact) mass is 272 g/mol. The van der Waals surface area contributed by atoms with Gasteiger partial charge in [-0.2, -0.15) is 0 Å². The van der Waals surface area contributed by atoms with Gasteiger partial charge < -0.3 is 10.2 Å². The van der Waals surface area contributed by atoms with Crippen molar-refractivity contribution in [2.45, 2.75) is 104 Å². The second-order valence-electron chi connectivity index (χ2n) is 6.21. The maximum atomic E-state index is 10.2. The van der Waals surface area contributed by atoms with E-state index in [1.165, 1.54) is 38.5 Å². The molecule has 0 aliphatic rings. The van der Waals surface area contributed by atoms with Gasteiger partial charge in [-0.3, -0.25) is 0 Å². The summed E-state index contributed by atoms with van der Waals surface area (Å²) in [5, 5.41) is 20.4. The molecule has 0 aromatic heterocycles. The molecule has 0 aromatic carbocycles. The molecule has 0 fully saturated rings. The predicted molar refractivity (Wildman–Crippen MR) is 83.3 cm³/mol. The first-order chi connectivity index (χ1) is 9.01. The fourth-order valence-electron chi connectivity index (χ4n) is 3.07. The maximum Gasteiger partial charge on any atom is 0.0592 e. The third-order valence-corrected chi connectivity index (χ3v) is 4.66. The van der Waals surface area contributed by atoms with Gasteiger partial charge >= 0.3 is 0 Å². The van der Waals surface area contributed by atoms with Crippen LogP contribution in [-0.2, 0) is 0 Å². The Hall–Kier alpha value is -0.0800. The van der Waals surface area contributed by atoms with Gasteiger partial charge in [-0.25, -0.2) is 0 Å². The van der Waals surface area contributed by atoms with Gasteiger partial charge in [0.2, 0.25) is 0 Å². The molecule has 2 atom stereocenters. The number of aliphatic hydroxyl groups excluding tert-OH is 2. The Balaban J connectivity index is 4.41. The molecule has 0 aliphatic heterocycles. The van der Waals surface area contributed by atoms with E-state index in [9.17, 15) is 10.2 Å². The van der Waals surface area contributed by atoms with E-state index < -0.39 is 12.2 Å². The van der Waals surface area contributed by atoms with Crippen molar-refractivity contribution in [3.63, 3.8) is 0 Å². The van der Waals surface area contributed by atoms with Gasteiger partial charge in [-0.15, -0.1) is 0 Å². The van der Waals surface area contributed by atoms with Crippen LogP contribution in [0.2, 0.25) is 0 Å². The van der Waals surface area contributed by atoms with Gasteiger partial charge in [0.25, 0.3) is 0 Å².